The average Bonchev–Trinajstić information content (AvgIpc) is 3.23. The van der Waals surface area contributed by atoms with Gasteiger partial charge in [-0.1, -0.05) is 44.2 Å². The van der Waals surface area contributed by atoms with Crippen LogP contribution in [0.2, 0.25) is 0 Å². The quantitative estimate of drug-likeness (QED) is 0.628. The summed E-state index contributed by atoms with van der Waals surface area (Å²) in [7, 11) is 3.06. The van der Waals surface area contributed by atoms with Gasteiger partial charge in [0.25, 0.3) is 5.91 Å². The van der Waals surface area contributed by atoms with Gasteiger partial charge in [0.15, 0.2) is 0 Å². The van der Waals surface area contributed by atoms with Crippen LogP contribution in [-0.2, 0) is 11.3 Å². The monoisotopic (exact) mass is 439 g/mol. The molecule has 0 unspecified atom stereocenters. The number of carbonyl (C=O) groups is 2. The summed E-state index contributed by atoms with van der Waals surface area (Å²) in [5.41, 5.74) is 1.65. The lowest BCUT2D eigenvalue weighted by Gasteiger charge is -2.24. The second kappa shape index (κ2) is 11.0. The Morgan fingerprint density at radius 3 is 2.31 bits per heavy atom. The highest BCUT2D eigenvalue weighted by molar-refractivity contribution is 5.98. The third-order valence-corrected chi connectivity index (χ3v) is 5.72. The molecule has 2 amide bonds. The van der Waals surface area contributed by atoms with Gasteiger partial charge in [0.1, 0.15) is 17.5 Å². The molecule has 0 aliphatic carbocycles. The van der Waals surface area contributed by atoms with E-state index in [1.54, 1.807) is 18.2 Å². The van der Waals surface area contributed by atoms with E-state index in [0.29, 0.717) is 17.1 Å². The Kier molecular flexibility index (Phi) is 8.11. The van der Waals surface area contributed by atoms with Crippen molar-refractivity contribution >= 4 is 11.8 Å². The fraction of sp³-hybridized carbons (Fsp3) is 0.440. The maximum absolute atomic E-state index is 13.0. The highest BCUT2D eigenvalue weighted by Gasteiger charge is 2.30. The molecule has 2 atom stereocenters. The lowest BCUT2D eigenvalue weighted by atomic mass is 10.0. The number of carbonyl (C=O) groups excluding carboxylic acids is 2. The fourth-order valence-corrected chi connectivity index (χ4v) is 3.92. The number of rotatable bonds is 9. The SMILES string of the molecule is COc1cc(OC)cc(C(=O)N[C@H](C(=O)N[C@H]2CCN(Cc3ccccc3)C2)C(C)C)c1. The zero-order valence-corrected chi connectivity index (χ0v) is 19.3. The molecule has 0 radical (unpaired) electrons. The van der Waals surface area contributed by atoms with E-state index in [0.717, 1.165) is 26.1 Å². The van der Waals surface area contributed by atoms with E-state index < -0.39 is 6.04 Å². The van der Waals surface area contributed by atoms with Crippen molar-refractivity contribution < 1.29 is 19.1 Å². The van der Waals surface area contributed by atoms with E-state index in [2.05, 4.69) is 27.7 Å². The number of nitrogens with one attached hydrogen (secondary N) is 2. The zero-order valence-electron chi connectivity index (χ0n) is 19.3. The first-order valence-electron chi connectivity index (χ1n) is 11.0. The van der Waals surface area contributed by atoms with Crippen molar-refractivity contribution in [3.8, 4) is 11.5 Å². The van der Waals surface area contributed by atoms with Crippen LogP contribution in [-0.4, -0.2) is 56.1 Å². The van der Waals surface area contributed by atoms with E-state index in [1.165, 1.54) is 19.8 Å². The van der Waals surface area contributed by atoms with Crippen molar-refractivity contribution in [3.63, 3.8) is 0 Å². The molecule has 1 fully saturated rings. The standard InChI is InChI=1S/C25H33N3O4/c1-17(2)23(27-24(29)19-12-21(31-3)14-22(13-19)32-4)25(30)26-20-10-11-28(16-20)15-18-8-6-5-7-9-18/h5-9,12-14,17,20,23H,10-11,15-16H2,1-4H3,(H,26,30)(H,27,29)/t20-,23-/m0/s1. The maximum atomic E-state index is 13.0. The van der Waals surface area contributed by atoms with Crippen LogP contribution >= 0.6 is 0 Å². The summed E-state index contributed by atoms with van der Waals surface area (Å²) in [6, 6.07) is 14.7. The summed E-state index contributed by atoms with van der Waals surface area (Å²) in [5.74, 6) is 0.477. The van der Waals surface area contributed by atoms with Crippen molar-refractivity contribution in [2.75, 3.05) is 27.3 Å². The second-order valence-electron chi connectivity index (χ2n) is 8.51. The molecule has 2 aromatic rings. The first kappa shape index (κ1) is 23.6. The van der Waals surface area contributed by atoms with Gasteiger partial charge in [0, 0.05) is 37.3 Å². The van der Waals surface area contributed by atoms with Gasteiger partial charge in [-0.25, -0.2) is 0 Å². The van der Waals surface area contributed by atoms with Crippen molar-refractivity contribution in [3.05, 3.63) is 59.7 Å². The molecule has 7 heteroatoms. The number of likely N-dealkylation sites (tertiary alicyclic amines) is 1. The zero-order chi connectivity index (χ0) is 23.1. The summed E-state index contributed by atoms with van der Waals surface area (Å²) < 4.78 is 10.5. The number of ether oxygens (including phenoxy) is 2. The van der Waals surface area contributed by atoms with Gasteiger partial charge >= 0.3 is 0 Å². The Balaban J connectivity index is 1.59. The molecule has 2 aromatic carbocycles. The van der Waals surface area contributed by atoms with Crippen LogP contribution in [0.5, 0.6) is 11.5 Å². The number of benzene rings is 2. The van der Waals surface area contributed by atoms with Crippen LogP contribution in [0.1, 0.15) is 36.2 Å². The third-order valence-electron chi connectivity index (χ3n) is 5.72. The summed E-state index contributed by atoms with van der Waals surface area (Å²) in [5, 5.41) is 6.02. The van der Waals surface area contributed by atoms with Crippen LogP contribution < -0.4 is 20.1 Å². The van der Waals surface area contributed by atoms with Gasteiger partial charge in [-0.3, -0.25) is 14.5 Å². The summed E-state index contributed by atoms with van der Waals surface area (Å²) in [4.78, 5) is 28.2. The van der Waals surface area contributed by atoms with Gasteiger partial charge in [-0.05, 0) is 30.0 Å². The molecule has 1 aliphatic heterocycles. The molecular formula is C25H33N3O4. The molecule has 0 spiro atoms. The number of hydrogen-bond acceptors (Lipinski definition) is 5. The van der Waals surface area contributed by atoms with Gasteiger partial charge < -0.3 is 20.1 Å². The second-order valence-corrected chi connectivity index (χ2v) is 8.51. The van der Waals surface area contributed by atoms with Crippen LogP contribution in [0.4, 0.5) is 0 Å². The van der Waals surface area contributed by atoms with Gasteiger partial charge in [0.05, 0.1) is 14.2 Å². The summed E-state index contributed by atoms with van der Waals surface area (Å²) >= 11 is 0. The Labute approximate surface area is 190 Å². The van der Waals surface area contributed by atoms with Crippen molar-refractivity contribution in [1.82, 2.24) is 15.5 Å². The van der Waals surface area contributed by atoms with Crippen LogP contribution in [0.3, 0.4) is 0 Å². The molecule has 7 nitrogen and oxygen atoms in total. The third kappa shape index (κ3) is 6.23. The van der Waals surface area contributed by atoms with Crippen molar-refractivity contribution in [2.24, 2.45) is 5.92 Å². The molecule has 1 heterocycles. The van der Waals surface area contributed by atoms with Gasteiger partial charge in [-0.15, -0.1) is 0 Å². The minimum absolute atomic E-state index is 0.0618. The minimum atomic E-state index is -0.636. The predicted molar refractivity (Wildman–Crippen MR) is 124 cm³/mol. The largest absolute Gasteiger partial charge is 0.497 e. The fourth-order valence-electron chi connectivity index (χ4n) is 3.92. The molecule has 2 N–H and O–H groups in total. The number of nitrogens with zero attached hydrogens (tertiary/aromatic N) is 1. The topological polar surface area (TPSA) is 79.9 Å². The highest BCUT2D eigenvalue weighted by Crippen LogP contribution is 2.23. The van der Waals surface area contributed by atoms with E-state index in [9.17, 15) is 9.59 Å². The lowest BCUT2D eigenvalue weighted by Crippen LogP contribution is -2.52. The van der Waals surface area contributed by atoms with E-state index >= 15 is 0 Å². The summed E-state index contributed by atoms with van der Waals surface area (Å²) in [6.07, 6.45) is 0.893. The van der Waals surface area contributed by atoms with Gasteiger partial charge in [-0.2, -0.15) is 0 Å². The number of methoxy groups -OCH3 is 2. The minimum Gasteiger partial charge on any atom is -0.497 e. The Morgan fingerprint density at radius 2 is 1.72 bits per heavy atom. The Hall–Kier alpha value is -3.06. The normalized spacial score (nSPS) is 17.1. The molecule has 172 valence electrons. The van der Waals surface area contributed by atoms with E-state index in [-0.39, 0.29) is 23.8 Å². The molecular weight excluding hydrogens is 406 g/mol. The first-order valence-corrected chi connectivity index (χ1v) is 11.0. The molecule has 0 aromatic heterocycles. The molecule has 0 saturated carbocycles. The smallest absolute Gasteiger partial charge is 0.252 e. The predicted octanol–water partition coefficient (Wildman–Crippen LogP) is 2.85. The average molecular weight is 440 g/mol. The van der Waals surface area contributed by atoms with Crippen LogP contribution in [0.25, 0.3) is 0 Å². The van der Waals surface area contributed by atoms with Gasteiger partial charge in [0.2, 0.25) is 5.91 Å². The molecule has 3 rings (SSSR count). The molecule has 0 bridgehead atoms. The lowest BCUT2D eigenvalue weighted by molar-refractivity contribution is -0.124. The van der Waals surface area contributed by atoms with Crippen molar-refractivity contribution in [2.45, 2.75) is 38.9 Å². The Morgan fingerprint density at radius 1 is 1.06 bits per heavy atom. The highest BCUT2D eigenvalue weighted by atomic mass is 16.5. The van der Waals surface area contributed by atoms with E-state index in [4.69, 9.17) is 9.47 Å². The van der Waals surface area contributed by atoms with Crippen molar-refractivity contribution in [1.29, 1.82) is 0 Å². The van der Waals surface area contributed by atoms with Crippen LogP contribution in [0.15, 0.2) is 48.5 Å². The van der Waals surface area contributed by atoms with Crippen LogP contribution in [0, 0.1) is 5.92 Å². The van der Waals surface area contributed by atoms with E-state index in [1.807, 2.05) is 32.0 Å². The number of amides is 2. The first-order chi connectivity index (χ1) is 15.4. The molecule has 32 heavy (non-hydrogen) atoms. The molecule has 1 saturated heterocycles. The Bertz CT molecular complexity index is 894. The number of hydrogen-bond donors (Lipinski definition) is 2. The maximum Gasteiger partial charge on any atom is 0.252 e. The molecule has 1 aliphatic rings. The summed E-state index contributed by atoms with van der Waals surface area (Å²) in [6.45, 7) is 6.45.